The summed E-state index contributed by atoms with van der Waals surface area (Å²) in [6.45, 7) is 11.6. The second kappa shape index (κ2) is 6.58. The summed E-state index contributed by atoms with van der Waals surface area (Å²) in [5.41, 5.74) is 0.244. The molecule has 3 nitrogen and oxygen atoms in total. The Morgan fingerprint density at radius 3 is 2.38 bits per heavy atom. The zero-order valence-corrected chi connectivity index (χ0v) is 11.1. The fourth-order valence-corrected chi connectivity index (χ4v) is 2.16. The first-order valence-corrected chi connectivity index (χ1v) is 6.59. The van der Waals surface area contributed by atoms with Gasteiger partial charge in [-0.15, -0.1) is 0 Å². The molecule has 0 spiro atoms. The molecule has 1 saturated heterocycles. The Morgan fingerprint density at radius 2 is 1.88 bits per heavy atom. The Bertz CT molecular complexity index is 181. The normalized spacial score (nSPS) is 20.2. The molecule has 0 aliphatic carbocycles. The van der Waals surface area contributed by atoms with Crippen LogP contribution in [0.4, 0.5) is 0 Å². The number of rotatable bonds is 5. The highest BCUT2D eigenvalue weighted by Crippen LogP contribution is 2.17. The molecule has 0 aromatic rings. The van der Waals surface area contributed by atoms with Gasteiger partial charge in [0, 0.05) is 18.7 Å². The highest BCUT2D eigenvalue weighted by Gasteiger charge is 2.20. The van der Waals surface area contributed by atoms with E-state index in [1.165, 1.54) is 25.9 Å². The summed E-state index contributed by atoms with van der Waals surface area (Å²) in [7, 11) is 0. The van der Waals surface area contributed by atoms with Gasteiger partial charge in [-0.05, 0) is 65.6 Å². The van der Waals surface area contributed by atoms with Crippen molar-refractivity contribution in [2.45, 2.75) is 45.6 Å². The molecule has 3 heteroatoms. The molecular weight excluding hydrogens is 200 g/mol. The van der Waals surface area contributed by atoms with Crippen molar-refractivity contribution in [1.29, 1.82) is 0 Å². The molecule has 0 aromatic carbocycles. The number of hydrogen-bond donors (Lipinski definition) is 2. The number of nitrogens with zero attached hydrogens (tertiary/aromatic N) is 1. The lowest BCUT2D eigenvalue weighted by Crippen LogP contribution is -2.43. The van der Waals surface area contributed by atoms with Crippen LogP contribution in [0.3, 0.4) is 0 Å². The van der Waals surface area contributed by atoms with Gasteiger partial charge >= 0.3 is 0 Å². The van der Waals surface area contributed by atoms with Gasteiger partial charge in [0.2, 0.25) is 0 Å². The Balaban J connectivity index is 2.12. The molecule has 0 bridgehead atoms. The van der Waals surface area contributed by atoms with Crippen LogP contribution in [0.15, 0.2) is 0 Å². The van der Waals surface area contributed by atoms with Crippen LogP contribution in [0.1, 0.15) is 40.0 Å². The van der Waals surface area contributed by atoms with Crippen LogP contribution in [0.2, 0.25) is 0 Å². The van der Waals surface area contributed by atoms with Crippen molar-refractivity contribution in [2.24, 2.45) is 5.92 Å². The van der Waals surface area contributed by atoms with Crippen molar-refractivity contribution in [3.8, 4) is 0 Å². The summed E-state index contributed by atoms with van der Waals surface area (Å²) in [5.74, 6) is 0.838. The minimum Gasteiger partial charge on any atom is -0.396 e. The van der Waals surface area contributed by atoms with Gasteiger partial charge in [-0.2, -0.15) is 0 Å². The largest absolute Gasteiger partial charge is 0.396 e. The summed E-state index contributed by atoms with van der Waals surface area (Å²) in [6.07, 6.45) is 3.52. The lowest BCUT2D eigenvalue weighted by molar-refractivity contribution is 0.162. The van der Waals surface area contributed by atoms with Crippen molar-refractivity contribution in [3.63, 3.8) is 0 Å². The average molecular weight is 228 g/mol. The van der Waals surface area contributed by atoms with Crippen molar-refractivity contribution in [2.75, 3.05) is 32.8 Å². The van der Waals surface area contributed by atoms with Crippen molar-refractivity contribution >= 4 is 0 Å². The first kappa shape index (κ1) is 13.9. The van der Waals surface area contributed by atoms with Gasteiger partial charge in [-0.3, -0.25) is 0 Å². The van der Waals surface area contributed by atoms with Crippen LogP contribution >= 0.6 is 0 Å². The fourth-order valence-electron chi connectivity index (χ4n) is 2.16. The zero-order valence-electron chi connectivity index (χ0n) is 11.1. The predicted molar refractivity (Wildman–Crippen MR) is 68.6 cm³/mol. The van der Waals surface area contributed by atoms with Crippen molar-refractivity contribution in [1.82, 2.24) is 10.2 Å². The third-order valence-electron chi connectivity index (χ3n) is 3.26. The van der Waals surface area contributed by atoms with E-state index in [0.29, 0.717) is 6.61 Å². The van der Waals surface area contributed by atoms with E-state index >= 15 is 0 Å². The summed E-state index contributed by atoms with van der Waals surface area (Å²) < 4.78 is 0. The van der Waals surface area contributed by atoms with Crippen LogP contribution in [-0.4, -0.2) is 48.3 Å². The molecule has 0 aromatic heterocycles. The van der Waals surface area contributed by atoms with E-state index in [-0.39, 0.29) is 5.54 Å². The Hall–Kier alpha value is -0.120. The fraction of sp³-hybridized carbons (Fsp3) is 1.00. The molecule has 1 aliphatic heterocycles. The van der Waals surface area contributed by atoms with E-state index in [2.05, 4.69) is 31.0 Å². The second-order valence-corrected chi connectivity index (χ2v) is 5.99. The maximum atomic E-state index is 8.79. The number of aliphatic hydroxyl groups is 1. The van der Waals surface area contributed by atoms with Gasteiger partial charge < -0.3 is 15.3 Å². The van der Waals surface area contributed by atoms with Gasteiger partial charge in [0.25, 0.3) is 0 Å². The van der Waals surface area contributed by atoms with Gasteiger partial charge in [0.1, 0.15) is 0 Å². The topological polar surface area (TPSA) is 35.5 Å². The summed E-state index contributed by atoms with van der Waals surface area (Å²) in [4.78, 5) is 2.48. The molecule has 2 N–H and O–H groups in total. The van der Waals surface area contributed by atoms with Crippen molar-refractivity contribution < 1.29 is 5.11 Å². The van der Waals surface area contributed by atoms with E-state index in [0.717, 1.165) is 25.4 Å². The molecular formula is C13H28N2O. The molecule has 0 saturated carbocycles. The minimum absolute atomic E-state index is 0.244. The quantitative estimate of drug-likeness (QED) is 0.748. The number of aliphatic hydroxyl groups excluding tert-OH is 1. The first-order chi connectivity index (χ1) is 7.51. The number of piperidine rings is 1. The Labute approximate surface area is 100 Å². The van der Waals surface area contributed by atoms with Crippen molar-refractivity contribution in [3.05, 3.63) is 0 Å². The van der Waals surface area contributed by atoms with Crippen LogP contribution in [0, 0.1) is 5.92 Å². The molecule has 16 heavy (non-hydrogen) atoms. The SMILES string of the molecule is CC(C)(C)NCC1CCN(CCCO)CC1. The van der Waals surface area contributed by atoms with Gasteiger partial charge in [0.05, 0.1) is 0 Å². The minimum atomic E-state index is 0.244. The maximum Gasteiger partial charge on any atom is 0.0443 e. The first-order valence-electron chi connectivity index (χ1n) is 6.59. The van der Waals surface area contributed by atoms with Crippen LogP contribution in [-0.2, 0) is 0 Å². The Kier molecular flexibility index (Phi) is 5.73. The van der Waals surface area contributed by atoms with E-state index < -0.39 is 0 Å². The highest BCUT2D eigenvalue weighted by atomic mass is 16.3. The smallest absolute Gasteiger partial charge is 0.0443 e. The third kappa shape index (κ3) is 5.83. The van der Waals surface area contributed by atoms with Gasteiger partial charge in [0.15, 0.2) is 0 Å². The zero-order chi connectivity index (χ0) is 12.0. The average Bonchev–Trinajstić information content (AvgIpc) is 2.24. The lowest BCUT2D eigenvalue weighted by Gasteiger charge is -2.33. The molecule has 1 rings (SSSR count). The highest BCUT2D eigenvalue weighted by molar-refractivity contribution is 4.77. The molecule has 96 valence electrons. The molecule has 0 amide bonds. The second-order valence-electron chi connectivity index (χ2n) is 5.99. The van der Waals surface area contributed by atoms with E-state index in [4.69, 9.17) is 5.11 Å². The summed E-state index contributed by atoms with van der Waals surface area (Å²) in [5, 5.41) is 12.4. The summed E-state index contributed by atoms with van der Waals surface area (Å²) in [6, 6.07) is 0. The molecule has 0 unspecified atom stereocenters. The standard InChI is InChI=1S/C13H28N2O/c1-13(2,3)14-11-12-5-8-15(9-6-12)7-4-10-16/h12,14,16H,4-11H2,1-3H3. The predicted octanol–water partition coefficient (Wildman–Crippen LogP) is 1.47. The Morgan fingerprint density at radius 1 is 1.25 bits per heavy atom. The lowest BCUT2D eigenvalue weighted by atomic mass is 9.95. The van der Waals surface area contributed by atoms with E-state index in [1.54, 1.807) is 0 Å². The molecule has 0 atom stereocenters. The maximum absolute atomic E-state index is 8.79. The summed E-state index contributed by atoms with van der Waals surface area (Å²) >= 11 is 0. The van der Waals surface area contributed by atoms with Crippen LogP contribution in [0.25, 0.3) is 0 Å². The van der Waals surface area contributed by atoms with Crippen LogP contribution in [0.5, 0.6) is 0 Å². The third-order valence-corrected chi connectivity index (χ3v) is 3.26. The number of nitrogens with one attached hydrogen (secondary N) is 1. The molecule has 0 radical (unpaired) electrons. The van der Waals surface area contributed by atoms with E-state index in [9.17, 15) is 0 Å². The monoisotopic (exact) mass is 228 g/mol. The number of hydrogen-bond acceptors (Lipinski definition) is 3. The van der Waals surface area contributed by atoms with Gasteiger partial charge in [-0.1, -0.05) is 0 Å². The van der Waals surface area contributed by atoms with Crippen LogP contribution < -0.4 is 5.32 Å². The number of likely N-dealkylation sites (tertiary alicyclic amines) is 1. The van der Waals surface area contributed by atoms with Gasteiger partial charge in [-0.25, -0.2) is 0 Å². The molecule has 1 fully saturated rings. The van der Waals surface area contributed by atoms with E-state index in [1.807, 2.05) is 0 Å². The molecule has 1 aliphatic rings. The molecule has 1 heterocycles.